The molecule has 2 N–H and O–H groups in total. The van der Waals surface area contributed by atoms with Crippen molar-refractivity contribution in [1.29, 1.82) is 0 Å². The monoisotopic (exact) mass is 391 g/mol. The molecule has 1 aromatic carbocycles. The van der Waals surface area contributed by atoms with Crippen molar-refractivity contribution in [3.63, 3.8) is 0 Å². The van der Waals surface area contributed by atoms with Crippen LogP contribution in [0.3, 0.4) is 0 Å². The van der Waals surface area contributed by atoms with Crippen molar-refractivity contribution < 1.29 is 4.74 Å². The Labute approximate surface area is 152 Å². The van der Waals surface area contributed by atoms with E-state index in [4.69, 9.17) is 4.74 Å². The van der Waals surface area contributed by atoms with Crippen molar-refractivity contribution in [1.82, 2.24) is 10.6 Å². The van der Waals surface area contributed by atoms with Gasteiger partial charge in [0.05, 0.1) is 0 Å². The molecule has 1 aliphatic carbocycles. The summed E-state index contributed by atoms with van der Waals surface area (Å²) in [5, 5.41) is 7.08. The highest BCUT2D eigenvalue weighted by Crippen LogP contribution is 2.34. The van der Waals surface area contributed by atoms with Crippen molar-refractivity contribution in [2.45, 2.75) is 37.1 Å². The van der Waals surface area contributed by atoms with Gasteiger partial charge in [0.15, 0.2) is 5.96 Å². The van der Waals surface area contributed by atoms with Crippen LogP contribution in [0, 0.1) is 0 Å². The second-order valence-corrected chi connectivity index (χ2v) is 7.53. The number of aliphatic imine (C=N–C) groups is 1. The van der Waals surface area contributed by atoms with Gasteiger partial charge in [-0.15, -0.1) is 0 Å². The van der Waals surface area contributed by atoms with E-state index >= 15 is 0 Å². The predicted molar refractivity (Wildman–Crippen MR) is 103 cm³/mol. The lowest BCUT2D eigenvalue weighted by Gasteiger charge is -2.38. The minimum Gasteiger partial charge on any atom is -0.381 e. The molecule has 24 heavy (non-hydrogen) atoms. The maximum absolute atomic E-state index is 5.62. The average molecular weight is 392 g/mol. The quantitative estimate of drug-likeness (QED) is 0.469. The molecule has 1 aromatic rings. The molecule has 1 fully saturated rings. The van der Waals surface area contributed by atoms with E-state index in [2.05, 4.69) is 68.0 Å². The second kappa shape index (κ2) is 8.17. The Morgan fingerprint density at radius 1 is 1.21 bits per heavy atom. The van der Waals surface area contributed by atoms with Crippen LogP contribution in [-0.4, -0.2) is 38.8 Å². The lowest BCUT2D eigenvalue weighted by atomic mass is 9.74. The number of benzene rings is 1. The first-order chi connectivity index (χ1) is 11.7. The molecule has 0 unspecified atom stereocenters. The third-order valence-electron chi connectivity index (χ3n) is 5.07. The van der Waals surface area contributed by atoms with E-state index in [9.17, 15) is 0 Å². The van der Waals surface area contributed by atoms with Gasteiger partial charge < -0.3 is 15.4 Å². The summed E-state index contributed by atoms with van der Waals surface area (Å²) in [6.07, 6.45) is 8.67. The van der Waals surface area contributed by atoms with Crippen LogP contribution in [0.2, 0.25) is 0 Å². The van der Waals surface area contributed by atoms with E-state index in [0.29, 0.717) is 6.04 Å². The third kappa shape index (κ3) is 4.19. The minimum atomic E-state index is 0.102. The van der Waals surface area contributed by atoms with Crippen LogP contribution in [0.5, 0.6) is 0 Å². The highest BCUT2D eigenvalue weighted by molar-refractivity contribution is 9.10. The molecule has 0 amide bonds. The molecule has 4 nitrogen and oxygen atoms in total. The number of ether oxygens (including phenoxy) is 1. The molecular weight excluding hydrogens is 366 g/mol. The third-order valence-corrected chi connectivity index (χ3v) is 5.60. The summed E-state index contributed by atoms with van der Waals surface area (Å²) in [6, 6.07) is 9.19. The van der Waals surface area contributed by atoms with E-state index in [-0.39, 0.29) is 5.41 Å². The Kier molecular flexibility index (Phi) is 5.95. The highest BCUT2D eigenvalue weighted by Gasteiger charge is 2.34. The molecule has 0 radical (unpaired) electrons. The van der Waals surface area contributed by atoms with Gasteiger partial charge in [-0.3, -0.25) is 4.99 Å². The Morgan fingerprint density at radius 2 is 1.88 bits per heavy atom. The zero-order valence-electron chi connectivity index (χ0n) is 14.2. The number of hydrogen-bond donors (Lipinski definition) is 2. The summed E-state index contributed by atoms with van der Waals surface area (Å²) in [5.74, 6) is 0.895. The summed E-state index contributed by atoms with van der Waals surface area (Å²) in [5.41, 5.74) is 1.48. The molecule has 3 rings (SSSR count). The number of halogens is 1. The van der Waals surface area contributed by atoms with Gasteiger partial charge in [-0.05, 0) is 43.4 Å². The Morgan fingerprint density at radius 3 is 2.50 bits per heavy atom. The lowest BCUT2D eigenvalue weighted by Crippen LogP contribution is -2.49. The molecule has 130 valence electrons. The van der Waals surface area contributed by atoms with Crippen molar-refractivity contribution in [3.8, 4) is 0 Å². The first kappa shape index (κ1) is 17.5. The molecule has 5 heteroatoms. The molecule has 0 spiro atoms. The molecule has 1 heterocycles. The average Bonchev–Trinajstić information content (AvgIpc) is 3.13. The summed E-state index contributed by atoms with van der Waals surface area (Å²) in [4.78, 5) is 4.40. The number of rotatable bonds is 4. The Balaban J connectivity index is 1.68. The lowest BCUT2D eigenvalue weighted by molar-refractivity contribution is 0.0513. The summed E-state index contributed by atoms with van der Waals surface area (Å²) < 4.78 is 6.74. The molecule has 0 saturated carbocycles. The van der Waals surface area contributed by atoms with E-state index in [1.807, 2.05) is 7.05 Å². The Bertz CT molecular complexity index is 583. The molecule has 0 aromatic heterocycles. The largest absolute Gasteiger partial charge is 0.381 e. The number of nitrogens with zero attached hydrogens (tertiary/aromatic N) is 1. The van der Waals surface area contributed by atoms with E-state index in [1.54, 1.807) is 0 Å². The highest BCUT2D eigenvalue weighted by atomic mass is 79.9. The maximum Gasteiger partial charge on any atom is 0.191 e. The fraction of sp³-hybridized carbons (Fsp3) is 0.526. The van der Waals surface area contributed by atoms with Crippen LogP contribution >= 0.6 is 15.9 Å². The SMILES string of the molecule is CN=C(NCC1(c2ccc(Br)cc2)CCOCC1)NC1CC=CC1. The zero-order chi connectivity index (χ0) is 16.8. The second-order valence-electron chi connectivity index (χ2n) is 6.61. The molecule has 0 atom stereocenters. The van der Waals surface area contributed by atoms with Crippen LogP contribution < -0.4 is 10.6 Å². The topological polar surface area (TPSA) is 45.7 Å². The van der Waals surface area contributed by atoms with Gasteiger partial charge in [-0.25, -0.2) is 0 Å². The zero-order valence-corrected chi connectivity index (χ0v) is 15.8. The standard InChI is InChI=1S/C19H26BrN3O/c1-21-18(23-17-4-2-3-5-17)22-14-19(10-12-24-13-11-19)15-6-8-16(20)9-7-15/h2-3,6-9,17H,4-5,10-14H2,1H3,(H2,21,22,23). The van der Waals surface area contributed by atoms with Gasteiger partial charge in [-0.2, -0.15) is 0 Å². The van der Waals surface area contributed by atoms with Gasteiger partial charge in [0.1, 0.15) is 0 Å². The molecule has 1 aliphatic heterocycles. The van der Waals surface area contributed by atoms with Gasteiger partial charge in [0, 0.05) is 42.7 Å². The van der Waals surface area contributed by atoms with Crippen LogP contribution in [-0.2, 0) is 10.2 Å². The van der Waals surface area contributed by atoms with Crippen LogP contribution in [0.25, 0.3) is 0 Å². The van der Waals surface area contributed by atoms with Crippen LogP contribution in [0.1, 0.15) is 31.2 Å². The number of nitrogens with one attached hydrogen (secondary N) is 2. The van der Waals surface area contributed by atoms with Crippen LogP contribution in [0.15, 0.2) is 45.9 Å². The summed E-state index contributed by atoms with van der Waals surface area (Å²) >= 11 is 3.53. The molecule has 2 aliphatic rings. The molecular formula is C19H26BrN3O. The van der Waals surface area contributed by atoms with E-state index in [0.717, 1.165) is 55.9 Å². The van der Waals surface area contributed by atoms with Crippen molar-refractivity contribution in [2.24, 2.45) is 4.99 Å². The number of guanidine groups is 1. The fourth-order valence-corrected chi connectivity index (χ4v) is 3.77. The maximum atomic E-state index is 5.62. The summed E-state index contributed by atoms with van der Waals surface area (Å²) in [6.45, 7) is 2.50. The first-order valence-corrected chi connectivity index (χ1v) is 9.47. The summed E-state index contributed by atoms with van der Waals surface area (Å²) in [7, 11) is 1.84. The van der Waals surface area contributed by atoms with Crippen molar-refractivity contribution >= 4 is 21.9 Å². The van der Waals surface area contributed by atoms with Gasteiger partial charge in [0.25, 0.3) is 0 Å². The van der Waals surface area contributed by atoms with Crippen molar-refractivity contribution in [3.05, 3.63) is 46.5 Å². The molecule has 0 bridgehead atoms. The van der Waals surface area contributed by atoms with E-state index in [1.165, 1.54) is 5.56 Å². The fourth-order valence-electron chi connectivity index (χ4n) is 3.51. The van der Waals surface area contributed by atoms with Gasteiger partial charge in [0.2, 0.25) is 0 Å². The minimum absolute atomic E-state index is 0.102. The van der Waals surface area contributed by atoms with E-state index < -0.39 is 0 Å². The first-order valence-electron chi connectivity index (χ1n) is 8.68. The van der Waals surface area contributed by atoms with Crippen LogP contribution in [0.4, 0.5) is 0 Å². The normalized spacial score (nSPS) is 21.0. The predicted octanol–water partition coefficient (Wildman–Crippen LogP) is 3.38. The van der Waals surface area contributed by atoms with Gasteiger partial charge >= 0.3 is 0 Å². The Hall–Kier alpha value is -1.33. The van der Waals surface area contributed by atoms with Gasteiger partial charge in [-0.1, -0.05) is 40.2 Å². The smallest absolute Gasteiger partial charge is 0.191 e. The van der Waals surface area contributed by atoms with Crippen molar-refractivity contribution in [2.75, 3.05) is 26.8 Å². The number of hydrogen-bond acceptors (Lipinski definition) is 2. The molecule has 1 saturated heterocycles.